The summed E-state index contributed by atoms with van der Waals surface area (Å²) in [5.41, 5.74) is 2.10. The zero-order valence-electron chi connectivity index (χ0n) is 15.1. The summed E-state index contributed by atoms with van der Waals surface area (Å²) in [6.07, 6.45) is 5.52. The molecule has 0 atom stereocenters. The second-order valence-electron chi connectivity index (χ2n) is 5.94. The number of hydrogen-bond acceptors (Lipinski definition) is 5. The second-order valence-corrected chi connectivity index (χ2v) is 6.88. The molecule has 0 unspecified atom stereocenters. The molecule has 2 aromatic heterocycles. The Morgan fingerprint density at radius 1 is 1.19 bits per heavy atom. The summed E-state index contributed by atoms with van der Waals surface area (Å²) in [6.45, 7) is 2.46. The number of unbranched alkanes of at least 4 members (excludes halogenated alkanes) is 1. The summed E-state index contributed by atoms with van der Waals surface area (Å²) in [4.78, 5) is 28.4. The SMILES string of the molecule is CCCCOC(=O)c1ccc(NC(=O)CSc2ncc3ccccn23)cc1. The molecule has 3 aromatic rings. The van der Waals surface area contributed by atoms with E-state index in [-0.39, 0.29) is 17.6 Å². The van der Waals surface area contributed by atoms with Gasteiger partial charge in [0.15, 0.2) is 5.16 Å². The number of nitrogens with one attached hydrogen (secondary N) is 1. The lowest BCUT2D eigenvalue weighted by atomic mass is 10.2. The van der Waals surface area contributed by atoms with E-state index < -0.39 is 0 Å². The van der Waals surface area contributed by atoms with Crippen LogP contribution in [0.5, 0.6) is 0 Å². The first kappa shape index (κ1) is 19.0. The van der Waals surface area contributed by atoms with Crippen molar-refractivity contribution in [3.8, 4) is 0 Å². The number of nitrogens with zero attached hydrogens (tertiary/aromatic N) is 2. The van der Waals surface area contributed by atoms with Gasteiger partial charge in [0.1, 0.15) is 0 Å². The van der Waals surface area contributed by atoms with Crippen molar-refractivity contribution < 1.29 is 14.3 Å². The predicted molar refractivity (Wildman–Crippen MR) is 106 cm³/mol. The molecule has 0 fully saturated rings. The number of thioether (sulfide) groups is 1. The first-order valence-electron chi connectivity index (χ1n) is 8.79. The molecule has 2 heterocycles. The maximum absolute atomic E-state index is 12.2. The van der Waals surface area contributed by atoms with Crippen LogP contribution in [0.15, 0.2) is 60.0 Å². The van der Waals surface area contributed by atoms with E-state index in [1.165, 1.54) is 11.8 Å². The zero-order valence-corrected chi connectivity index (χ0v) is 15.9. The molecule has 1 N–H and O–H groups in total. The number of ether oxygens (including phenoxy) is 1. The third kappa shape index (κ3) is 5.10. The third-order valence-electron chi connectivity index (χ3n) is 3.87. The molecule has 0 aliphatic rings. The normalized spacial score (nSPS) is 10.7. The molecule has 140 valence electrons. The molecule has 27 heavy (non-hydrogen) atoms. The average Bonchev–Trinajstić information content (AvgIpc) is 3.10. The number of pyridine rings is 1. The molecule has 7 heteroatoms. The molecule has 0 saturated heterocycles. The zero-order chi connectivity index (χ0) is 19.1. The first-order valence-corrected chi connectivity index (χ1v) is 9.78. The highest BCUT2D eigenvalue weighted by atomic mass is 32.2. The van der Waals surface area contributed by atoms with E-state index in [0.717, 1.165) is 23.5 Å². The number of carbonyl (C=O) groups is 2. The smallest absolute Gasteiger partial charge is 0.338 e. The van der Waals surface area contributed by atoms with Crippen molar-refractivity contribution in [2.45, 2.75) is 24.9 Å². The predicted octanol–water partition coefficient (Wildman–Crippen LogP) is 4.02. The van der Waals surface area contributed by atoms with Crippen molar-refractivity contribution in [1.82, 2.24) is 9.38 Å². The number of anilines is 1. The van der Waals surface area contributed by atoms with Crippen molar-refractivity contribution in [3.05, 3.63) is 60.4 Å². The van der Waals surface area contributed by atoms with Crippen LogP contribution in [0.2, 0.25) is 0 Å². The fraction of sp³-hybridized carbons (Fsp3) is 0.250. The number of hydrogen-bond donors (Lipinski definition) is 1. The Balaban J connectivity index is 1.51. The minimum absolute atomic E-state index is 0.133. The van der Waals surface area contributed by atoms with Gasteiger partial charge in [0.25, 0.3) is 0 Å². The number of benzene rings is 1. The standard InChI is InChI=1S/C20H21N3O3S/c1-2-3-12-26-19(25)15-7-9-16(10-8-15)22-18(24)14-27-20-21-13-17-6-4-5-11-23(17)20/h4-11,13H,2-3,12,14H2,1H3,(H,22,24). The third-order valence-corrected chi connectivity index (χ3v) is 4.84. The van der Waals surface area contributed by atoms with Crippen LogP contribution in [0, 0.1) is 0 Å². The maximum atomic E-state index is 12.2. The summed E-state index contributed by atoms with van der Waals surface area (Å²) in [5, 5.41) is 3.59. The van der Waals surface area contributed by atoms with Gasteiger partial charge in [-0.1, -0.05) is 31.2 Å². The van der Waals surface area contributed by atoms with E-state index in [1.54, 1.807) is 30.5 Å². The lowest BCUT2D eigenvalue weighted by molar-refractivity contribution is -0.113. The fourth-order valence-electron chi connectivity index (χ4n) is 2.44. The minimum Gasteiger partial charge on any atom is -0.462 e. The van der Waals surface area contributed by atoms with E-state index >= 15 is 0 Å². The highest BCUT2D eigenvalue weighted by Crippen LogP contribution is 2.19. The van der Waals surface area contributed by atoms with Crippen LogP contribution in [0.1, 0.15) is 30.1 Å². The lowest BCUT2D eigenvalue weighted by Gasteiger charge is -2.07. The largest absolute Gasteiger partial charge is 0.462 e. The Morgan fingerprint density at radius 3 is 2.78 bits per heavy atom. The van der Waals surface area contributed by atoms with Crippen LogP contribution in [-0.4, -0.2) is 33.6 Å². The van der Waals surface area contributed by atoms with Crippen LogP contribution < -0.4 is 5.32 Å². The molecule has 0 aliphatic heterocycles. The number of imidazole rings is 1. The fourth-order valence-corrected chi connectivity index (χ4v) is 3.20. The molecule has 0 spiro atoms. The van der Waals surface area contributed by atoms with Gasteiger partial charge in [-0.15, -0.1) is 0 Å². The van der Waals surface area contributed by atoms with Crippen molar-refractivity contribution >= 4 is 34.8 Å². The van der Waals surface area contributed by atoms with Gasteiger partial charge in [-0.2, -0.15) is 0 Å². The van der Waals surface area contributed by atoms with Crippen molar-refractivity contribution in [1.29, 1.82) is 0 Å². The summed E-state index contributed by atoms with van der Waals surface area (Å²) < 4.78 is 7.11. The maximum Gasteiger partial charge on any atom is 0.338 e. The van der Waals surface area contributed by atoms with Gasteiger partial charge < -0.3 is 10.1 Å². The van der Waals surface area contributed by atoms with Gasteiger partial charge in [-0.05, 0) is 42.8 Å². The Bertz CT molecular complexity index is 922. The Hall–Kier alpha value is -2.80. The molecular weight excluding hydrogens is 362 g/mol. The van der Waals surface area contributed by atoms with Crippen LogP contribution in [-0.2, 0) is 9.53 Å². The molecule has 0 radical (unpaired) electrons. The van der Waals surface area contributed by atoms with E-state index in [9.17, 15) is 9.59 Å². The molecule has 1 amide bonds. The van der Waals surface area contributed by atoms with Crippen molar-refractivity contribution in [2.24, 2.45) is 0 Å². The Kier molecular flexibility index (Phi) is 6.49. The molecular formula is C20H21N3O3S. The van der Waals surface area contributed by atoms with Gasteiger partial charge in [0.05, 0.1) is 29.6 Å². The summed E-state index contributed by atoms with van der Waals surface area (Å²) >= 11 is 1.37. The molecule has 1 aromatic carbocycles. The molecule has 0 aliphatic carbocycles. The minimum atomic E-state index is -0.344. The number of aromatic nitrogens is 2. The monoisotopic (exact) mass is 383 g/mol. The van der Waals surface area contributed by atoms with Crippen molar-refractivity contribution in [3.63, 3.8) is 0 Å². The van der Waals surface area contributed by atoms with Crippen molar-refractivity contribution in [2.75, 3.05) is 17.7 Å². The number of carbonyl (C=O) groups excluding carboxylic acids is 2. The van der Waals surface area contributed by atoms with Gasteiger partial charge in [-0.3, -0.25) is 9.20 Å². The molecule has 0 saturated carbocycles. The number of rotatable bonds is 8. The van der Waals surface area contributed by atoms with E-state index in [1.807, 2.05) is 35.7 Å². The molecule has 3 rings (SSSR count). The lowest BCUT2D eigenvalue weighted by Crippen LogP contribution is -2.14. The van der Waals surface area contributed by atoms with E-state index in [0.29, 0.717) is 17.9 Å². The van der Waals surface area contributed by atoms with E-state index in [4.69, 9.17) is 4.74 Å². The number of esters is 1. The Labute approximate surface area is 161 Å². The first-order chi connectivity index (χ1) is 13.2. The van der Waals surface area contributed by atoms with E-state index in [2.05, 4.69) is 10.3 Å². The Morgan fingerprint density at radius 2 is 2.00 bits per heavy atom. The van der Waals surface area contributed by atoms with Gasteiger partial charge >= 0.3 is 5.97 Å². The number of fused-ring (bicyclic) bond motifs is 1. The highest BCUT2D eigenvalue weighted by molar-refractivity contribution is 7.99. The molecule has 6 nitrogen and oxygen atoms in total. The van der Waals surface area contributed by atoms with Crippen LogP contribution in [0.3, 0.4) is 0 Å². The number of amides is 1. The summed E-state index contributed by atoms with van der Waals surface area (Å²) in [6, 6.07) is 12.5. The summed E-state index contributed by atoms with van der Waals surface area (Å²) in [7, 11) is 0. The van der Waals surface area contributed by atoms with Gasteiger partial charge in [0.2, 0.25) is 5.91 Å². The average molecular weight is 383 g/mol. The quantitative estimate of drug-likeness (QED) is 0.361. The second kappa shape index (κ2) is 9.23. The van der Waals surface area contributed by atoms with Gasteiger partial charge in [-0.25, -0.2) is 9.78 Å². The van der Waals surface area contributed by atoms with Crippen LogP contribution >= 0.6 is 11.8 Å². The molecule has 0 bridgehead atoms. The van der Waals surface area contributed by atoms with Gasteiger partial charge in [0, 0.05) is 11.9 Å². The van der Waals surface area contributed by atoms with Crippen LogP contribution in [0.25, 0.3) is 5.52 Å². The highest BCUT2D eigenvalue weighted by Gasteiger charge is 2.10. The topological polar surface area (TPSA) is 72.7 Å². The summed E-state index contributed by atoms with van der Waals surface area (Å²) in [5.74, 6) is -0.233. The van der Waals surface area contributed by atoms with Crippen LogP contribution in [0.4, 0.5) is 5.69 Å².